The van der Waals surface area contributed by atoms with Gasteiger partial charge in [0, 0.05) is 16.6 Å². The quantitative estimate of drug-likeness (QED) is 0.838. The molecule has 112 valence electrons. The smallest absolute Gasteiger partial charge is 0.260 e. The van der Waals surface area contributed by atoms with Gasteiger partial charge in [-0.05, 0) is 49.8 Å². The summed E-state index contributed by atoms with van der Waals surface area (Å²) in [4.78, 5) is 4.54. The normalized spacial score (nSPS) is 22.4. The Morgan fingerprint density at radius 3 is 2.71 bits per heavy atom. The van der Waals surface area contributed by atoms with Gasteiger partial charge in [-0.15, -0.1) is 0 Å². The van der Waals surface area contributed by atoms with Crippen LogP contribution in [-0.4, -0.2) is 10.1 Å². The molecule has 0 amide bonds. The van der Waals surface area contributed by atoms with E-state index in [9.17, 15) is 0 Å². The molecule has 0 spiro atoms. The average Bonchev–Trinajstić information content (AvgIpc) is 2.97. The third-order valence-corrected chi connectivity index (χ3v) is 4.71. The van der Waals surface area contributed by atoms with E-state index in [1.807, 2.05) is 6.07 Å². The largest absolute Gasteiger partial charge is 0.398 e. The Bertz CT molecular complexity index is 618. The fraction of sp³-hybridized carbons (Fsp3) is 0.500. The van der Waals surface area contributed by atoms with Crippen molar-refractivity contribution in [3.63, 3.8) is 0 Å². The van der Waals surface area contributed by atoms with E-state index < -0.39 is 0 Å². The minimum absolute atomic E-state index is 0.416. The van der Waals surface area contributed by atoms with Crippen molar-refractivity contribution in [3.05, 3.63) is 29.0 Å². The minimum atomic E-state index is 0.416. The van der Waals surface area contributed by atoms with Crippen molar-refractivity contribution in [2.75, 3.05) is 5.73 Å². The van der Waals surface area contributed by atoms with Crippen molar-refractivity contribution < 1.29 is 4.52 Å². The molecule has 4 nitrogen and oxygen atoms in total. The van der Waals surface area contributed by atoms with Crippen molar-refractivity contribution in [2.24, 2.45) is 5.92 Å². The SMILES string of the molecule is CCC1CCC(c2noc(-c3ccc(Cl)cc3N)n2)CC1. The van der Waals surface area contributed by atoms with Gasteiger partial charge in [0.1, 0.15) is 0 Å². The Kier molecular flexibility index (Phi) is 4.15. The summed E-state index contributed by atoms with van der Waals surface area (Å²) >= 11 is 5.91. The summed E-state index contributed by atoms with van der Waals surface area (Å²) in [5.74, 6) is 2.57. The third kappa shape index (κ3) is 3.05. The molecule has 1 fully saturated rings. The molecule has 5 heteroatoms. The maximum atomic E-state index is 5.97. The van der Waals surface area contributed by atoms with Crippen LogP contribution in [0, 0.1) is 5.92 Å². The van der Waals surface area contributed by atoms with E-state index in [0.29, 0.717) is 22.5 Å². The molecule has 0 saturated heterocycles. The lowest BCUT2D eigenvalue weighted by Gasteiger charge is -2.25. The van der Waals surface area contributed by atoms with Gasteiger partial charge in [0.05, 0.1) is 5.56 Å². The summed E-state index contributed by atoms with van der Waals surface area (Å²) < 4.78 is 5.39. The van der Waals surface area contributed by atoms with E-state index in [4.69, 9.17) is 21.9 Å². The fourth-order valence-electron chi connectivity index (χ4n) is 3.07. The molecule has 1 aliphatic rings. The van der Waals surface area contributed by atoms with E-state index in [1.54, 1.807) is 12.1 Å². The molecule has 0 aliphatic heterocycles. The Morgan fingerprint density at radius 1 is 1.29 bits per heavy atom. The Hall–Kier alpha value is -1.55. The van der Waals surface area contributed by atoms with Gasteiger partial charge in [-0.3, -0.25) is 0 Å². The number of nitrogen functional groups attached to an aromatic ring is 1. The second-order valence-electron chi connectivity index (χ2n) is 5.82. The van der Waals surface area contributed by atoms with Crippen LogP contribution in [0.2, 0.25) is 5.02 Å². The fourth-order valence-corrected chi connectivity index (χ4v) is 3.25. The number of nitrogens with two attached hydrogens (primary N) is 1. The Balaban J connectivity index is 1.77. The van der Waals surface area contributed by atoms with Crippen molar-refractivity contribution in [2.45, 2.75) is 44.9 Å². The van der Waals surface area contributed by atoms with Crippen LogP contribution in [-0.2, 0) is 0 Å². The molecule has 1 aromatic heterocycles. The van der Waals surface area contributed by atoms with Crippen LogP contribution in [0.5, 0.6) is 0 Å². The molecular weight excluding hydrogens is 286 g/mol. The predicted octanol–water partition coefficient (Wildman–Crippen LogP) is 4.66. The van der Waals surface area contributed by atoms with E-state index in [0.717, 1.165) is 30.1 Å². The lowest BCUT2D eigenvalue weighted by Crippen LogP contribution is -2.13. The average molecular weight is 306 g/mol. The third-order valence-electron chi connectivity index (χ3n) is 4.48. The molecule has 1 saturated carbocycles. The number of aromatic nitrogens is 2. The first kappa shape index (κ1) is 14.4. The van der Waals surface area contributed by atoms with Crippen LogP contribution in [0.25, 0.3) is 11.5 Å². The number of halogens is 1. The molecular formula is C16H20ClN3O. The van der Waals surface area contributed by atoms with Gasteiger partial charge in [0.15, 0.2) is 5.82 Å². The molecule has 21 heavy (non-hydrogen) atoms. The number of rotatable bonds is 3. The van der Waals surface area contributed by atoms with Gasteiger partial charge in [0.25, 0.3) is 5.89 Å². The van der Waals surface area contributed by atoms with Gasteiger partial charge in [0.2, 0.25) is 0 Å². The summed E-state index contributed by atoms with van der Waals surface area (Å²) in [5.41, 5.74) is 7.28. The van der Waals surface area contributed by atoms with Crippen molar-refractivity contribution in [1.82, 2.24) is 10.1 Å². The summed E-state index contributed by atoms with van der Waals surface area (Å²) in [6.45, 7) is 2.26. The van der Waals surface area contributed by atoms with E-state index in [2.05, 4.69) is 17.1 Å². The van der Waals surface area contributed by atoms with Crippen LogP contribution in [0.3, 0.4) is 0 Å². The Labute approximate surface area is 129 Å². The van der Waals surface area contributed by atoms with Crippen LogP contribution in [0.4, 0.5) is 5.69 Å². The Morgan fingerprint density at radius 2 is 2.05 bits per heavy atom. The molecule has 0 unspecified atom stereocenters. The molecule has 0 atom stereocenters. The van der Waals surface area contributed by atoms with E-state index >= 15 is 0 Å². The van der Waals surface area contributed by atoms with E-state index in [-0.39, 0.29) is 0 Å². The number of nitrogens with zero attached hydrogens (tertiary/aromatic N) is 2. The van der Waals surface area contributed by atoms with Gasteiger partial charge < -0.3 is 10.3 Å². The number of anilines is 1. The van der Waals surface area contributed by atoms with Crippen molar-refractivity contribution >= 4 is 17.3 Å². The highest BCUT2D eigenvalue weighted by Gasteiger charge is 2.25. The first-order valence-electron chi connectivity index (χ1n) is 7.56. The van der Waals surface area contributed by atoms with Gasteiger partial charge in [-0.25, -0.2) is 0 Å². The maximum absolute atomic E-state index is 5.97. The lowest BCUT2D eigenvalue weighted by molar-refractivity contribution is 0.305. The molecule has 3 rings (SSSR count). The highest BCUT2D eigenvalue weighted by Crippen LogP contribution is 2.37. The number of hydrogen-bond donors (Lipinski definition) is 1. The first-order chi connectivity index (χ1) is 10.2. The van der Waals surface area contributed by atoms with Gasteiger partial charge in [-0.2, -0.15) is 4.98 Å². The predicted molar refractivity (Wildman–Crippen MR) is 84.1 cm³/mol. The first-order valence-corrected chi connectivity index (χ1v) is 7.94. The molecule has 2 aromatic rings. The summed E-state index contributed by atoms with van der Waals surface area (Å²) in [7, 11) is 0. The topological polar surface area (TPSA) is 64.9 Å². The highest BCUT2D eigenvalue weighted by atomic mass is 35.5. The molecule has 2 N–H and O–H groups in total. The van der Waals surface area contributed by atoms with Crippen LogP contribution in [0.15, 0.2) is 22.7 Å². The van der Waals surface area contributed by atoms with Gasteiger partial charge in [-0.1, -0.05) is 30.1 Å². The van der Waals surface area contributed by atoms with E-state index in [1.165, 1.54) is 19.3 Å². The number of hydrogen-bond acceptors (Lipinski definition) is 4. The van der Waals surface area contributed by atoms with Crippen molar-refractivity contribution in [3.8, 4) is 11.5 Å². The zero-order chi connectivity index (χ0) is 14.8. The molecule has 0 radical (unpaired) electrons. The maximum Gasteiger partial charge on any atom is 0.260 e. The summed E-state index contributed by atoms with van der Waals surface area (Å²) in [6.07, 6.45) is 6.08. The van der Waals surface area contributed by atoms with Crippen LogP contribution < -0.4 is 5.73 Å². The lowest BCUT2D eigenvalue weighted by atomic mass is 9.80. The zero-order valence-corrected chi connectivity index (χ0v) is 12.9. The summed E-state index contributed by atoms with van der Waals surface area (Å²) in [6, 6.07) is 5.31. The monoisotopic (exact) mass is 305 g/mol. The second kappa shape index (κ2) is 6.06. The molecule has 0 bridgehead atoms. The standard InChI is InChI=1S/C16H20ClN3O/c1-2-10-3-5-11(6-4-10)15-19-16(21-20-15)13-8-7-12(17)9-14(13)18/h7-11H,2-6,18H2,1H3. The van der Waals surface area contributed by atoms with Gasteiger partial charge >= 0.3 is 0 Å². The molecule has 1 heterocycles. The van der Waals surface area contributed by atoms with Crippen molar-refractivity contribution in [1.29, 1.82) is 0 Å². The summed E-state index contributed by atoms with van der Waals surface area (Å²) in [5, 5.41) is 4.76. The van der Waals surface area contributed by atoms with Crippen LogP contribution in [0.1, 0.15) is 50.8 Å². The zero-order valence-electron chi connectivity index (χ0n) is 12.2. The van der Waals surface area contributed by atoms with Crippen LogP contribution >= 0.6 is 11.6 Å². The second-order valence-corrected chi connectivity index (χ2v) is 6.25. The minimum Gasteiger partial charge on any atom is -0.398 e. The molecule has 1 aliphatic carbocycles. The number of benzene rings is 1. The molecule has 1 aromatic carbocycles. The highest BCUT2D eigenvalue weighted by molar-refractivity contribution is 6.31.